The standard InChI is InChI=1S/C32H42N4OS/c1-2-19-36(28-16-17-29-30(22-28)38-32(33)35-29)20-18-23-10-14-27(15-11-23)34-31(37)21-24-8-12-26(13-9-24)25-6-4-3-5-7-25/h3-9,12-13,23,27-28H,2,10-11,14-22H2,1H3,(H2,33,35)(H,34,37). The van der Waals surface area contributed by atoms with Crippen molar-refractivity contribution in [3.63, 3.8) is 0 Å². The second-order valence-corrected chi connectivity index (χ2v) is 12.3. The van der Waals surface area contributed by atoms with Gasteiger partial charge in [0.05, 0.1) is 12.1 Å². The van der Waals surface area contributed by atoms with Crippen LogP contribution in [-0.2, 0) is 24.1 Å². The first-order chi connectivity index (χ1) is 18.6. The van der Waals surface area contributed by atoms with E-state index in [1.165, 1.54) is 66.9 Å². The molecule has 0 saturated heterocycles. The SMILES string of the molecule is CCCN(CCC1CCC(NC(=O)Cc2ccc(-c3ccccc3)cc2)CC1)C1CCc2nc(N)sc2C1. The Morgan fingerprint density at radius 1 is 1.00 bits per heavy atom. The number of thiazole rings is 1. The summed E-state index contributed by atoms with van der Waals surface area (Å²) in [6, 6.07) is 19.7. The van der Waals surface area contributed by atoms with E-state index >= 15 is 0 Å². The van der Waals surface area contributed by atoms with E-state index in [4.69, 9.17) is 5.73 Å². The highest BCUT2D eigenvalue weighted by atomic mass is 32.1. The number of hydrogen-bond donors (Lipinski definition) is 2. The van der Waals surface area contributed by atoms with Gasteiger partial charge in [-0.1, -0.05) is 61.5 Å². The number of anilines is 1. The van der Waals surface area contributed by atoms with E-state index in [-0.39, 0.29) is 5.91 Å². The summed E-state index contributed by atoms with van der Waals surface area (Å²) in [5.41, 5.74) is 10.7. The van der Waals surface area contributed by atoms with Crippen LogP contribution in [-0.4, -0.2) is 41.0 Å². The lowest BCUT2D eigenvalue weighted by Gasteiger charge is -2.36. The number of carbonyl (C=O) groups excluding carboxylic acids is 1. The summed E-state index contributed by atoms with van der Waals surface area (Å²) >= 11 is 1.69. The van der Waals surface area contributed by atoms with Gasteiger partial charge in [-0.3, -0.25) is 4.79 Å². The van der Waals surface area contributed by atoms with Crippen LogP contribution in [0.15, 0.2) is 54.6 Å². The molecule has 1 heterocycles. The van der Waals surface area contributed by atoms with Crippen LogP contribution >= 0.6 is 11.3 Å². The maximum Gasteiger partial charge on any atom is 0.224 e. The summed E-state index contributed by atoms with van der Waals surface area (Å²) in [4.78, 5) is 21.4. The van der Waals surface area contributed by atoms with Crippen LogP contribution in [0.3, 0.4) is 0 Å². The van der Waals surface area contributed by atoms with Gasteiger partial charge in [0.15, 0.2) is 5.13 Å². The molecule has 2 aromatic carbocycles. The maximum atomic E-state index is 12.7. The summed E-state index contributed by atoms with van der Waals surface area (Å²) in [6.07, 6.45) is 10.9. The Morgan fingerprint density at radius 2 is 1.74 bits per heavy atom. The Bertz CT molecular complexity index is 1170. The van der Waals surface area contributed by atoms with Crippen molar-refractivity contribution < 1.29 is 4.79 Å². The number of nitrogen functional groups attached to an aromatic ring is 1. The van der Waals surface area contributed by atoms with E-state index < -0.39 is 0 Å². The molecule has 6 heteroatoms. The van der Waals surface area contributed by atoms with Gasteiger partial charge in [0.2, 0.25) is 5.91 Å². The number of aryl methyl sites for hydroxylation is 1. The van der Waals surface area contributed by atoms with E-state index in [0.717, 1.165) is 42.3 Å². The molecule has 2 aliphatic carbocycles. The molecule has 3 aromatic rings. The highest BCUT2D eigenvalue weighted by Crippen LogP contribution is 2.32. The fraction of sp³-hybridized carbons (Fsp3) is 0.500. The van der Waals surface area contributed by atoms with E-state index in [0.29, 0.717) is 18.5 Å². The second kappa shape index (κ2) is 12.9. The minimum absolute atomic E-state index is 0.149. The van der Waals surface area contributed by atoms with Gasteiger partial charge < -0.3 is 16.0 Å². The Balaban J connectivity index is 1.04. The Kier molecular flexibility index (Phi) is 9.13. The topological polar surface area (TPSA) is 71.2 Å². The van der Waals surface area contributed by atoms with Crippen molar-refractivity contribution in [1.29, 1.82) is 0 Å². The van der Waals surface area contributed by atoms with Crippen molar-refractivity contribution in [2.45, 2.75) is 83.2 Å². The fourth-order valence-electron chi connectivity index (χ4n) is 6.31. The molecule has 0 bridgehead atoms. The molecule has 202 valence electrons. The summed E-state index contributed by atoms with van der Waals surface area (Å²) in [5.74, 6) is 0.918. The zero-order valence-corrected chi connectivity index (χ0v) is 23.5. The fourth-order valence-corrected chi connectivity index (χ4v) is 7.26. The Hall–Kier alpha value is -2.70. The molecule has 5 nitrogen and oxygen atoms in total. The van der Waals surface area contributed by atoms with Crippen molar-refractivity contribution in [3.05, 3.63) is 70.7 Å². The number of aromatic nitrogens is 1. The van der Waals surface area contributed by atoms with Crippen molar-refractivity contribution in [2.75, 3.05) is 18.8 Å². The Morgan fingerprint density at radius 3 is 2.47 bits per heavy atom. The average Bonchev–Trinajstić information content (AvgIpc) is 3.32. The summed E-state index contributed by atoms with van der Waals surface area (Å²) < 4.78 is 0. The van der Waals surface area contributed by atoms with E-state index in [2.05, 4.69) is 70.7 Å². The first-order valence-corrected chi connectivity index (χ1v) is 15.3. The zero-order chi connectivity index (χ0) is 26.3. The predicted octanol–water partition coefficient (Wildman–Crippen LogP) is 6.27. The number of nitrogens with two attached hydrogens (primary N) is 1. The molecule has 0 aliphatic heterocycles. The Labute approximate surface area is 231 Å². The number of amides is 1. The molecule has 1 fully saturated rings. The zero-order valence-electron chi connectivity index (χ0n) is 22.7. The molecular formula is C32H42N4OS. The monoisotopic (exact) mass is 530 g/mol. The van der Waals surface area contributed by atoms with Crippen LogP contribution < -0.4 is 11.1 Å². The van der Waals surface area contributed by atoms with Gasteiger partial charge in [0.25, 0.3) is 0 Å². The lowest BCUT2D eigenvalue weighted by Crippen LogP contribution is -2.41. The number of fused-ring (bicyclic) bond motifs is 1. The second-order valence-electron chi connectivity index (χ2n) is 11.2. The van der Waals surface area contributed by atoms with Crippen LogP contribution in [0.4, 0.5) is 5.13 Å². The van der Waals surface area contributed by atoms with Gasteiger partial charge in [-0.25, -0.2) is 4.98 Å². The van der Waals surface area contributed by atoms with Gasteiger partial charge in [-0.05, 0) is 93.5 Å². The molecule has 3 N–H and O–H groups in total. The molecule has 0 radical (unpaired) electrons. The molecule has 1 aromatic heterocycles. The van der Waals surface area contributed by atoms with Crippen molar-refractivity contribution in [2.24, 2.45) is 5.92 Å². The highest BCUT2D eigenvalue weighted by Gasteiger charge is 2.28. The molecule has 1 unspecified atom stereocenters. The molecule has 5 rings (SSSR count). The highest BCUT2D eigenvalue weighted by molar-refractivity contribution is 7.15. The van der Waals surface area contributed by atoms with Crippen LogP contribution in [0.2, 0.25) is 0 Å². The number of carbonyl (C=O) groups is 1. The lowest BCUT2D eigenvalue weighted by atomic mass is 9.83. The van der Waals surface area contributed by atoms with Crippen molar-refractivity contribution in [3.8, 4) is 11.1 Å². The normalized spacial score (nSPS) is 21.3. The van der Waals surface area contributed by atoms with Crippen LogP contribution in [0, 0.1) is 5.92 Å². The average molecular weight is 531 g/mol. The van der Waals surface area contributed by atoms with Gasteiger partial charge in [0.1, 0.15) is 0 Å². The van der Waals surface area contributed by atoms with Crippen molar-refractivity contribution in [1.82, 2.24) is 15.2 Å². The molecule has 0 spiro atoms. The van der Waals surface area contributed by atoms with Gasteiger partial charge in [-0.15, -0.1) is 11.3 Å². The van der Waals surface area contributed by atoms with Gasteiger partial charge in [0, 0.05) is 17.0 Å². The van der Waals surface area contributed by atoms with Crippen LogP contribution in [0.1, 0.15) is 68.0 Å². The van der Waals surface area contributed by atoms with Gasteiger partial charge in [-0.2, -0.15) is 0 Å². The largest absolute Gasteiger partial charge is 0.375 e. The third-order valence-electron chi connectivity index (χ3n) is 8.42. The quantitative estimate of drug-likeness (QED) is 0.324. The molecule has 38 heavy (non-hydrogen) atoms. The molecule has 1 amide bonds. The molecule has 2 aliphatic rings. The number of benzene rings is 2. The van der Waals surface area contributed by atoms with E-state index in [1.54, 1.807) is 11.3 Å². The van der Waals surface area contributed by atoms with Crippen LogP contribution in [0.25, 0.3) is 11.1 Å². The molecular weight excluding hydrogens is 488 g/mol. The third kappa shape index (κ3) is 7.03. The molecule has 1 atom stereocenters. The number of rotatable bonds is 10. The summed E-state index contributed by atoms with van der Waals surface area (Å²) in [7, 11) is 0. The first kappa shape index (κ1) is 26.9. The lowest BCUT2D eigenvalue weighted by molar-refractivity contribution is -0.121. The first-order valence-electron chi connectivity index (χ1n) is 14.5. The summed E-state index contributed by atoms with van der Waals surface area (Å²) in [5, 5.41) is 4.04. The number of nitrogens with one attached hydrogen (secondary N) is 1. The molecule has 1 saturated carbocycles. The number of hydrogen-bond acceptors (Lipinski definition) is 5. The maximum absolute atomic E-state index is 12.7. The summed E-state index contributed by atoms with van der Waals surface area (Å²) in [6.45, 7) is 4.65. The third-order valence-corrected chi connectivity index (χ3v) is 9.37. The van der Waals surface area contributed by atoms with Crippen molar-refractivity contribution >= 4 is 22.4 Å². The van der Waals surface area contributed by atoms with Crippen LogP contribution in [0.5, 0.6) is 0 Å². The minimum Gasteiger partial charge on any atom is -0.375 e. The smallest absolute Gasteiger partial charge is 0.224 e. The van der Waals surface area contributed by atoms with E-state index in [1.807, 2.05) is 6.07 Å². The van der Waals surface area contributed by atoms with E-state index in [9.17, 15) is 4.79 Å². The number of nitrogens with zero attached hydrogens (tertiary/aromatic N) is 2. The van der Waals surface area contributed by atoms with Gasteiger partial charge >= 0.3 is 0 Å². The minimum atomic E-state index is 0.149. The predicted molar refractivity (Wildman–Crippen MR) is 158 cm³/mol.